The molecule has 0 saturated carbocycles. The zero-order valence-corrected chi connectivity index (χ0v) is 15.3. The fraction of sp³-hybridized carbons (Fsp3) is 0.0455. The Morgan fingerprint density at radius 2 is 1.66 bits per heavy atom. The van der Waals surface area contributed by atoms with Crippen LogP contribution in [-0.4, -0.2) is 16.4 Å². The van der Waals surface area contributed by atoms with E-state index >= 15 is 0 Å². The first-order chi connectivity index (χ1) is 14.0. The van der Waals surface area contributed by atoms with Crippen molar-refractivity contribution in [2.24, 2.45) is 0 Å². The third-order valence-electron chi connectivity index (χ3n) is 4.06. The highest BCUT2D eigenvalue weighted by molar-refractivity contribution is 5.97. The fourth-order valence-corrected chi connectivity index (χ4v) is 2.58. The van der Waals surface area contributed by atoms with E-state index in [4.69, 9.17) is 0 Å². The van der Waals surface area contributed by atoms with Gasteiger partial charge in [-0.2, -0.15) is 0 Å². The summed E-state index contributed by atoms with van der Waals surface area (Å²) >= 11 is 0. The van der Waals surface area contributed by atoms with Crippen LogP contribution in [0.2, 0.25) is 0 Å². The summed E-state index contributed by atoms with van der Waals surface area (Å²) in [7, 11) is 0. The van der Waals surface area contributed by atoms with Crippen LogP contribution in [0, 0.1) is 5.82 Å². The number of nitrogens with zero attached hydrogens (tertiary/aromatic N) is 1. The third-order valence-corrected chi connectivity index (χ3v) is 4.06. The van der Waals surface area contributed by atoms with Gasteiger partial charge in [-0.15, -0.1) is 0 Å². The predicted octanol–water partition coefficient (Wildman–Crippen LogP) is 2.51. The van der Waals surface area contributed by atoms with E-state index < -0.39 is 17.4 Å². The topological polar surface area (TPSA) is 80.2 Å². The van der Waals surface area contributed by atoms with Crippen LogP contribution in [0.5, 0.6) is 0 Å². The lowest BCUT2D eigenvalue weighted by atomic mass is 10.2. The van der Waals surface area contributed by atoms with E-state index in [-0.39, 0.29) is 17.9 Å². The van der Waals surface area contributed by atoms with Gasteiger partial charge in [0.15, 0.2) is 0 Å². The summed E-state index contributed by atoms with van der Waals surface area (Å²) in [5.74, 6) is -1.64. The van der Waals surface area contributed by atoms with Crippen LogP contribution >= 0.6 is 0 Å². The van der Waals surface area contributed by atoms with E-state index in [0.717, 1.165) is 5.56 Å². The highest BCUT2D eigenvalue weighted by Crippen LogP contribution is 2.04. The van der Waals surface area contributed by atoms with Gasteiger partial charge in [0.2, 0.25) is 0 Å². The molecular formula is C22H18FN3O3. The van der Waals surface area contributed by atoms with Crippen molar-refractivity contribution in [2.75, 3.05) is 0 Å². The van der Waals surface area contributed by atoms with Gasteiger partial charge in [-0.1, -0.05) is 42.5 Å². The number of pyridine rings is 1. The molecule has 6 nitrogen and oxygen atoms in total. The number of hydrogen-bond donors (Lipinski definition) is 2. The molecule has 0 fully saturated rings. The molecule has 2 N–H and O–H groups in total. The van der Waals surface area contributed by atoms with Crippen LogP contribution in [0.25, 0.3) is 6.08 Å². The van der Waals surface area contributed by atoms with Crippen molar-refractivity contribution < 1.29 is 14.0 Å². The van der Waals surface area contributed by atoms with Gasteiger partial charge in [0, 0.05) is 12.3 Å². The minimum absolute atomic E-state index is 0.123. The van der Waals surface area contributed by atoms with Gasteiger partial charge in [-0.25, -0.2) is 4.39 Å². The van der Waals surface area contributed by atoms with Crippen LogP contribution in [0.15, 0.2) is 83.8 Å². The van der Waals surface area contributed by atoms with Gasteiger partial charge >= 0.3 is 0 Å². The summed E-state index contributed by atoms with van der Waals surface area (Å²) in [5.41, 5.74) is 5.36. The fourth-order valence-electron chi connectivity index (χ4n) is 2.58. The second-order valence-corrected chi connectivity index (χ2v) is 6.17. The molecule has 0 bridgehead atoms. The van der Waals surface area contributed by atoms with Gasteiger partial charge in [-0.05, 0) is 41.5 Å². The summed E-state index contributed by atoms with van der Waals surface area (Å²) in [6.45, 7) is 0.187. The summed E-state index contributed by atoms with van der Waals surface area (Å²) in [5, 5.41) is 0. The zero-order valence-electron chi connectivity index (χ0n) is 15.3. The molecule has 1 heterocycles. The predicted molar refractivity (Wildman–Crippen MR) is 107 cm³/mol. The monoisotopic (exact) mass is 391 g/mol. The zero-order chi connectivity index (χ0) is 20.6. The van der Waals surface area contributed by atoms with Gasteiger partial charge in [0.05, 0.1) is 6.54 Å². The Bertz CT molecular complexity index is 1090. The second kappa shape index (κ2) is 9.27. The largest absolute Gasteiger partial charge is 0.310 e. The number of carbonyl (C=O) groups is 2. The standard InChI is InChI=1S/C22H18FN3O3/c23-18-11-8-17(9-12-18)15-26-14-4-7-19(22(26)29)21(28)25-24-20(27)13-10-16-5-2-1-3-6-16/h1-14H,15H2,(H,24,27)(H,25,28). The maximum absolute atomic E-state index is 13.0. The average molecular weight is 391 g/mol. The van der Waals surface area contributed by atoms with Gasteiger partial charge in [-0.3, -0.25) is 25.2 Å². The number of halogens is 1. The van der Waals surface area contributed by atoms with Crippen molar-refractivity contribution >= 4 is 17.9 Å². The molecule has 2 aromatic carbocycles. The van der Waals surface area contributed by atoms with Crippen LogP contribution in [0.3, 0.4) is 0 Å². The van der Waals surface area contributed by atoms with Gasteiger partial charge in [0.25, 0.3) is 17.4 Å². The van der Waals surface area contributed by atoms with Crippen molar-refractivity contribution in [1.82, 2.24) is 15.4 Å². The molecule has 0 unspecified atom stereocenters. The molecule has 1 aromatic heterocycles. The molecule has 0 aliphatic rings. The molecule has 3 aromatic rings. The molecule has 7 heteroatoms. The lowest BCUT2D eigenvalue weighted by Gasteiger charge is -2.09. The van der Waals surface area contributed by atoms with E-state index in [0.29, 0.717) is 5.56 Å². The first-order valence-electron chi connectivity index (χ1n) is 8.80. The first kappa shape index (κ1) is 19.8. The van der Waals surface area contributed by atoms with E-state index in [2.05, 4.69) is 10.9 Å². The Kier molecular flexibility index (Phi) is 6.32. The number of hydrogen-bond acceptors (Lipinski definition) is 3. The van der Waals surface area contributed by atoms with E-state index in [1.807, 2.05) is 30.3 Å². The molecule has 146 valence electrons. The SMILES string of the molecule is O=C(C=Cc1ccccc1)NNC(=O)c1cccn(Cc2ccc(F)cc2)c1=O. The van der Waals surface area contributed by atoms with Crippen LogP contribution in [-0.2, 0) is 11.3 Å². The summed E-state index contributed by atoms with van der Waals surface area (Å²) in [6, 6.07) is 17.8. The van der Waals surface area contributed by atoms with Crippen molar-refractivity contribution in [3.63, 3.8) is 0 Å². The summed E-state index contributed by atoms with van der Waals surface area (Å²) in [6.07, 6.45) is 4.40. The smallest absolute Gasteiger partial charge is 0.275 e. The number of benzene rings is 2. The van der Waals surface area contributed by atoms with Gasteiger partial charge < -0.3 is 4.57 Å². The van der Waals surface area contributed by atoms with E-state index in [1.54, 1.807) is 24.3 Å². The minimum Gasteiger partial charge on any atom is -0.310 e. The first-order valence-corrected chi connectivity index (χ1v) is 8.80. The third kappa shape index (κ3) is 5.49. The lowest BCUT2D eigenvalue weighted by Crippen LogP contribution is -2.43. The molecule has 0 aliphatic heterocycles. The number of carbonyl (C=O) groups excluding carboxylic acids is 2. The van der Waals surface area contributed by atoms with Crippen LogP contribution in [0.1, 0.15) is 21.5 Å². The van der Waals surface area contributed by atoms with Crippen molar-refractivity contribution in [2.45, 2.75) is 6.54 Å². The Morgan fingerprint density at radius 3 is 2.38 bits per heavy atom. The Morgan fingerprint density at radius 1 is 0.931 bits per heavy atom. The van der Waals surface area contributed by atoms with E-state index in [1.165, 1.54) is 35.0 Å². The Balaban J connectivity index is 1.63. The van der Waals surface area contributed by atoms with Crippen molar-refractivity contribution in [3.05, 3.63) is 112 Å². The molecule has 0 radical (unpaired) electrons. The molecule has 0 spiro atoms. The maximum atomic E-state index is 13.0. The molecule has 2 amide bonds. The minimum atomic E-state index is -0.732. The molecule has 0 aliphatic carbocycles. The lowest BCUT2D eigenvalue weighted by molar-refractivity contribution is -0.117. The van der Waals surface area contributed by atoms with Gasteiger partial charge in [0.1, 0.15) is 11.4 Å². The second-order valence-electron chi connectivity index (χ2n) is 6.17. The Hall–Kier alpha value is -4.00. The van der Waals surface area contributed by atoms with Crippen molar-refractivity contribution in [3.8, 4) is 0 Å². The van der Waals surface area contributed by atoms with Crippen molar-refractivity contribution in [1.29, 1.82) is 0 Å². The van der Waals surface area contributed by atoms with Crippen LogP contribution in [0.4, 0.5) is 4.39 Å². The Labute approximate surface area is 166 Å². The number of nitrogens with one attached hydrogen (secondary N) is 2. The quantitative estimate of drug-likeness (QED) is 0.518. The van der Waals surface area contributed by atoms with Crippen LogP contribution < -0.4 is 16.4 Å². The maximum Gasteiger partial charge on any atom is 0.275 e. The molecule has 0 saturated heterocycles. The molecule has 3 rings (SSSR count). The highest BCUT2D eigenvalue weighted by atomic mass is 19.1. The summed E-state index contributed by atoms with van der Waals surface area (Å²) < 4.78 is 14.3. The summed E-state index contributed by atoms with van der Waals surface area (Å²) in [4.78, 5) is 36.7. The molecule has 0 atom stereocenters. The number of rotatable bonds is 5. The molecule has 29 heavy (non-hydrogen) atoms. The number of aromatic nitrogens is 1. The number of hydrazine groups is 1. The molecular weight excluding hydrogens is 373 g/mol. The average Bonchev–Trinajstić information content (AvgIpc) is 2.74. The number of amides is 2. The normalized spacial score (nSPS) is 10.7. The van der Waals surface area contributed by atoms with E-state index in [9.17, 15) is 18.8 Å². The highest BCUT2D eigenvalue weighted by Gasteiger charge is 2.12.